The van der Waals surface area contributed by atoms with E-state index in [4.69, 9.17) is 9.47 Å². The number of hydrogen-bond donors (Lipinski definition) is 1. The lowest BCUT2D eigenvalue weighted by atomic mass is 9.71. The fraction of sp³-hybridized carbons (Fsp3) is 0.290. The molecule has 5 rings (SSSR count). The Morgan fingerprint density at radius 2 is 1.75 bits per heavy atom. The molecule has 3 aromatic carbocycles. The molecule has 36 heavy (non-hydrogen) atoms. The number of Topliss-reactive ketones (excluding diaryl/α,β-unsaturated/α-hetero) is 1. The maximum absolute atomic E-state index is 13.8. The van der Waals surface area contributed by atoms with Gasteiger partial charge in [0.1, 0.15) is 5.75 Å². The van der Waals surface area contributed by atoms with Gasteiger partial charge in [-0.15, -0.1) is 0 Å². The van der Waals surface area contributed by atoms with Crippen LogP contribution in [0.25, 0.3) is 10.8 Å². The minimum absolute atomic E-state index is 0.0595. The quantitative estimate of drug-likeness (QED) is 0.427. The van der Waals surface area contributed by atoms with Gasteiger partial charge in [0.15, 0.2) is 5.78 Å². The van der Waals surface area contributed by atoms with E-state index < -0.39 is 5.92 Å². The fourth-order valence-corrected chi connectivity index (χ4v) is 5.51. The third-order valence-corrected chi connectivity index (χ3v) is 7.21. The highest BCUT2D eigenvalue weighted by atomic mass is 16.5. The number of dihydropyridines is 1. The SMILES string of the molecule is CCCOC(=O)C1=C(C)NC2=C(C(=O)C[C@@H](c3ccc(OC)cc3)C2)[C@H]1c1cccc2ccccc12. The Morgan fingerprint density at radius 1 is 1.00 bits per heavy atom. The molecule has 0 spiro atoms. The van der Waals surface area contributed by atoms with Gasteiger partial charge in [-0.05, 0) is 59.7 Å². The van der Waals surface area contributed by atoms with Crippen molar-refractivity contribution in [1.82, 2.24) is 5.32 Å². The van der Waals surface area contributed by atoms with E-state index in [1.165, 1.54) is 0 Å². The first kappa shape index (κ1) is 23.9. The minimum atomic E-state index is -0.471. The van der Waals surface area contributed by atoms with E-state index in [0.29, 0.717) is 30.6 Å². The molecule has 1 heterocycles. The second-order valence-corrected chi connectivity index (χ2v) is 9.49. The van der Waals surface area contributed by atoms with Gasteiger partial charge in [-0.25, -0.2) is 4.79 Å². The second-order valence-electron chi connectivity index (χ2n) is 9.49. The summed E-state index contributed by atoms with van der Waals surface area (Å²) in [7, 11) is 1.65. The Balaban J connectivity index is 1.62. The normalized spacial score (nSPS) is 19.7. The van der Waals surface area contributed by atoms with Crippen molar-refractivity contribution in [2.75, 3.05) is 13.7 Å². The first-order chi connectivity index (χ1) is 17.5. The number of fused-ring (bicyclic) bond motifs is 1. The van der Waals surface area contributed by atoms with E-state index in [1.807, 2.05) is 62.4 Å². The molecule has 3 aromatic rings. The summed E-state index contributed by atoms with van der Waals surface area (Å²) in [6, 6.07) is 22.1. The van der Waals surface area contributed by atoms with Crippen molar-refractivity contribution < 1.29 is 19.1 Å². The van der Waals surface area contributed by atoms with Crippen LogP contribution in [0.15, 0.2) is 89.3 Å². The van der Waals surface area contributed by atoms with Crippen LogP contribution in [-0.2, 0) is 14.3 Å². The number of rotatable bonds is 6. The topological polar surface area (TPSA) is 64.6 Å². The predicted molar refractivity (Wildman–Crippen MR) is 141 cm³/mol. The Morgan fingerprint density at radius 3 is 2.50 bits per heavy atom. The summed E-state index contributed by atoms with van der Waals surface area (Å²) in [4.78, 5) is 27.2. The summed E-state index contributed by atoms with van der Waals surface area (Å²) in [5.74, 6) is 0.0825. The summed E-state index contributed by atoms with van der Waals surface area (Å²) >= 11 is 0. The number of allylic oxidation sites excluding steroid dienone is 3. The lowest BCUT2D eigenvalue weighted by molar-refractivity contribution is -0.139. The molecule has 0 saturated carbocycles. The smallest absolute Gasteiger partial charge is 0.336 e. The highest BCUT2D eigenvalue weighted by Gasteiger charge is 2.41. The van der Waals surface area contributed by atoms with E-state index in [2.05, 4.69) is 23.5 Å². The molecule has 5 nitrogen and oxygen atoms in total. The zero-order valence-electron chi connectivity index (χ0n) is 21.0. The first-order valence-corrected chi connectivity index (χ1v) is 12.5. The highest BCUT2D eigenvalue weighted by Crippen LogP contribution is 2.47. The lowest BCUT2D eigenvalue weighted by Crippen LogP contribution is -2.36. The van der Waals surface area contributed by atoms with E-state index in [0.717, 1.165) is 45.5 Å². The van der Waals surface area contributed by atoms with Crippen LogP contribution in [0.2, 0.25) is 0 Å². The van der Waals surface area contributed by atoms with Crippen LogP contribution < -0.4 is 10.1 Å². The van der Waals surface area contributed by atoms with Gasteiger partial charge in [0, 0.05) is 29.3 Å². The molecule has 0 unspecified atom stereocenters. The lowest BCUT2D eigenvalue weighted by Gasteiger charge is -2.37. The Hall–Kier alpha value is -3.86. The molecule has 0 radical (unpaired) electrons. The van der Waals surface area contributed by atoms with Crippen LogP contribution in [0.5, 0.6) is 5.75 Å². The molecule has 1 aliphatic carbocycles. The zero-order valence-corrected chi connectivity index (χ0v) is 21.0. The molecule has 0 saturated heterocycles. The second kappa shape index (κ2) is 10.0. The zero-order chi connectivity index (χ0) is 25.2. The third-order valence-electron chi connectivity index (χ3n) is 7.21. The highest BCUT2D eigenvalue weighted by molar-refractivity contribution is 6.05. The van der Waals surface area contributed by atoms with Gasteiger partial charge in [0.05, 0.1) is 19.3 Å². The molecular weight excluding hydrogens is 450 g/mol. The summed E-state index contributed by atoms with van der Waals surface area (Å²) < 4.78 is 10.9. The Bertz CT molecular complexity index is 1380. The number of hydrogen-bond acceptors (Lipinski definition) is 5. The van der Waals surface area contributed by atoms with Crippen molar-refractivity contribution in [3.8, 4) is 5.75 Å². The molecule has 2 aliphatic rings. The van der Waals surface area contributed by atoms with Crippen LogP contribution in [0.1, 0.15) is 56.1 Å². The predicted octanol–water partition coefficient (Wildman–Crippen LogP) is 6.16. The number of benzene rings is 3. The summed E-state index contributed by atoms with van der Waals surface area (Å²) in [6.45, 7) is 4.23. The van der Waals surface area contributed by atoms with Crippen LogP contribution in [0.3, 0.4) is 0 Å². The van der Waals surface area contributed by atoms with Crippen LogP contribution >= 0.6 is 0 Å². The van der Waals surface area contributed by atoms with E-state index in [-0.39, 0.29) is 17.7 Å². The molecule has 0 fully saturated rings. The summed E-state index contributed by atoms with van der Waals surface area (Å²) in [5, 5.41) is 5.56. The van der Waals surface area contributed by atoms with Crippen molar-refractivity contribution in [3.63, 3.8) is 0 Å². The van der Waals surface area contributed by atoms with Crippen molar-refractivity contribution in [2.45, 2.75) is 44.9 Å². The average Bonchev–Trinajstić information content (AvgIpc) is 2.90. The molecular formula is C31H31NO4. The number of ether oxygens (including phenoxy) is 2. The minimum Gasteiger partial charge on any atom is -0.497 e. The largest absolute Gasteiger partial charge is 0.497 e. The molecule has 1 N–H and O–H groups in total. The van der Waals surface area contributed by atoms with E-state index >= 15 is 0 Å². The van der Waals surface area contributed by atoms with Gasteiger partial charge in [-0.2, -0.15) is 0 Å². The fourth-order valence-electron chi connectivity index (χ4n) is 5.51. The Labute approximate surface area is 211 Å². The number of esters is 1. The molecule has 184 valence electrons. The molecule has 5 heteroatoms. The van der Waals surface area contributed by atoms with Gasteiger partial charge in [0.25, 0.3) is 0 Å². The molecule has 0 aromatic heterocycles. The van der Waals surface area contributed by atoms with Crippen molar-refractivity contribution in [3.05, 3.63) is 100 Å². The van der Waals surface area contributed by atoms with Gasteiger partial charge >= 0.3 is 5.97 Å². The van der Waals surface area contributed by atoms with Crippen molar-refractivity contribution in [2.24, 2.45) is 0 Å². The van der Waals surface area contributed by atoms with Gasteiger partial charge in [0.2, 0.25) is 0 Å². The summed E-state index contributed by atoms with van der Waals surface area (Å²) in [5.41, 5.74) is 4.92. The maximum Gasteiger partial charge on any atom is 0.336 e. The standard InChI is InChI=1S/C31H31NO4/c1-4-16-36-31(34)28-19(2)32-26-17-22(20-12-14-23(35-3)15-13-20)18-27(33)30(26)29(28)25-11-7-9-21-8-5-6-10-24(21)25/h5-15,22,29,32H,4,16-18H2,1-3H3/t22-,29-/m0/s1. The van der Waals surface area contributed by atoms with E-state index in [9.17, 15) is 9.59 Å². The number of ketones is 1. The number of carbonyl (C=O) groups is 2. The molecule has 0 amide bonds. The van der Waals surface area contributed by atoms with Crippen LogP contribution in [-0.4, -0.2) is 25.5 Å². The third kappa shape index (κ3) is 4.30. The van der Waals surface area contributed by atoms with Crippen LogP contribution in [0.4, 0.5) is 0 Å². The van der Waals surface area contributed by atoms with Crippen molar-refractivity contribution >= 4 is 22.5 Å². The number of carbonyl (C=O) groups excluding carboxylic acids is 2. The Kier molecular flexibility index (Phi) is 6.64. The monoisotopic (exact) mass is 481 g/mol. The average molecular weight is 482 g/mol. The molecule has 0 bridgehead atoms. The maximum atomic E-state index is 13.8. The molecule has 2 atom stereocenters. The van der Waals surface area contributed by atoms with Crippen molar-refractivity contribution in [1.29, 1.82) is 0 Å². The summed E-state index contributed by atoms with van der Waals surface area (Å²) in [6.07, 6.45) is 1.83. The number of nitrogens with one attached hydrogen (secondary N) is 1. The van der Waals surface area contributed by atoms with Gasteiger partial charge < -0.3 is 14.8 Å². The van der Waals surface area contributed by atoms with Gasteiger partial charge in [-0.1, -0.05) is 61.5 Å². The number of methoxy groups -OCH3 is 1. The first-order valence-electron chi connectivity index (χ1n) is 12.5. The van der Waals surface area contributed by atoms with Gasteiger partial charge in [-0.3, -0.25) is 4.79 Å². The molecule has 1 aliphatic heterocycles. The van der Waals surface area contributed by atoms with E-state index in [1.54, 1.807) is 7.11 Å². The van der Waals surface area contributed by atoms with Crippen LogP contribution in [0, 0.1) is 0 Å².